The highest BCUT2D eigenvalue weighted by Crippen LogP contribution is 2.10. The monoisotopic (exact) mass is 231 g/mol. The van der Waals surface area contributed by atoms with E-state index >= 15 is 0 Å². The van der Waals surface area contributed by atoms with Crippen LogP contribution in [0.5, 0.6) is 0 Å². The van der Waals surface area contributed by atoms with E-state index in [1.165, 1.54) is 0 Å². The Bertz CT molecular complexity index is 219. The van der Waals surface area contributed by atoms with Crippen molar-refractivity contribution in [2.45, 2.75) is 6.42 Å². The highest BCUT2D eigenvalue weighted by molar-refractivity contribution is 8.13. The van der Waals surface area contributed by atoms with Crippen LogP contribution in [0.4, 0.5) is 0 Å². The first-order valence-electron chi connectivity index (χ1n) is 4.41. The molecule has 0 amide bonds. The van der Waals surface area contributed by atoms with Gasteiger partial charge in [-0.05, 0) is 30.8 Å². The van der Waals surface area contributed by atoms with Crippen LogP contribution < -0.4 is 5.32 Å². The number of amidine groups is 1. The molecular weight excluding hydrogens is 216 g/mol. The summed E-state index contributed by atoms with van der Waals surface area (Å²) in [5.41, 5.74) is 0. The summed E-state index contributed by atoms with van der Waals surface area (Å²) in [4.78, 5) is 4.13. The van der Waals surface area contributed by atoms with Crippen molar-refractivity contribution in [2.75, 3.05) is 24.9 Å². The molecule has 0 saturated carbocycles. The van der Waals surface area contributed by atoms with E-state index in [0.717, 1.165) is 30.2 Å². The van der Waals surface area contributed by atoms with Crippen LogP contribution in [0.1, 0.15) is 6.42 Å². The SMILES string of the molecule is CSCCCO[C]1C=CN=C(SC)N1. The quantitative estimate of drug-likeness (QED) is 0.735. The van der Waals surface area contributed by atoms with Gasteiger partial charge in [-0.1, -0.05) is 11.8 Å². The summed E-state index contributed by atoms with van der Waals surface area (Å²) in [7, 11) is 0. The van der Waals surface area contributed by atoms with Gasteiger partial charge in [-0.15, -0.1) is 0 Å². The van der Waals surface area contributed by atoms with Gasteiger partial charge in [0, 0.05) is 6.20 Å². The molecule has 0 fully saturated rings. The molecule has 3 nitrogen and oxygen atoms in total. The third kappa shape index (κ3) is 4.39. The minimum absolute atomic E-state index is 0.759. The summed E-state index contributed by atoms with van der Waals surface area (Å²) < 4.78 is 5.53. The van der Waals surface area contributed by atoms with E-state index in [1.54, 1.807) is 18.0 Å². The zero-order valence-corrected chi connectivity index (χ0v) is 10.1. The number of nitrogens with one attached hydrogen (secondary N) is 1. The average Bonchev–Trinajstić information content (AvgIpc) is 2.25. The summed E-state index contributed by atoms with van der Waals surface area (Å²) in [5, 5.41) is 3.98. The summed E-state index contributed by atoms with van der Waals surface area (Å²) in [6, 6.07) is 0. The Morgan fingerprint density at radius 1 is 1.50 bits per heavy atom. The molecule has 0 aromatic rings. The van der Waals surface area contributed by atoms with Gasteiger partial charge in [-0.25, -0.2) is 4.99 Å². The van der Waals surface area contributed by atoms with E-state index in [1.807, 2.05) is 24.1 Å². The van der Waals surface area contributed by atoms with E-state index in [0.29, 0.717) is 0 Å². The third-order valence-corrected chi connectivity index (χ3v) is 2.88. The third-order valence-electron chi connectivity index (χ3n) is 1.59. The van der Waals surface area contributed by atoms with Crippen molar-refractivity contribution in [1.29, 1.82) is 0 Å². The van der Waals surface area contributed by atoms with Crippen molar-refractivity contribution in [3.8, 4) is 0 Å². The van der Waals surface area contributed by atoms with Crippen LogP contribution in [0.2, 0.25) is 0 Å². The number of nitrogens with zero attached hydrogens (tertiary/aromatic N) is 1. The van der Waals surface area contributed by atoms with Crippen LogP contribution >= 0.6 is 23.5 Å². The van der Waals surface area contributed by atoms with Gasteiger partial charge >= 0.3 is 0 Å². The van der Waals surface area contributed by atoms with Gasteiger partial charge in [-0.3, -0.25) is 0 Å². The molecule has 1 N–H and O–H groups in total. The zero-order chi connectivity index (χ0) is 10.2. The van der Waals surface area contributed by atoms with Gasteiger partial charge in [0.1, 0.15) is 0 Å². The fourth-order valence-electron chi connectivity index (χ4n) is 0.925. The number of thioether (sulfide) groups is 2. The molecule has 14 heavy (non-hydrogen) atoms. The van der Waals surface area contributed by atoms with Crippen molar-refractivity contribution in [3.05, 3.63) is 18.5 Å². The molecule has 79 valence electrons. The molecule has 0 bridgehead atoms. The average molecular weight is 231 g/mol. The molecule has 0 unspecified atom stereocenters. The van der Waals surface area contributed by atoms with Crippen molar-refractivity contribution in [1.82, 2.24) is 5.32 Å². The lowest BCUT2D eigenvalue weighted by molar-refractivity contribution is 0.154. The molecule has 0 aromatic carbocycles. The number of hydrogen-bond acceptors (Lipinski definition) is 5. The van der Waals surface area contributed by atoms with E-state index in [-0.39, 0.29) is 0 Å². The predicted molar refractivity (Wildman–Crippen MR) is 65.4 cm³/mol. The summed E-state index contributed by atoms with van der Waals surface area (Å²) in [6.07, 6.45) is 9.56. The van der Waals surface area contributed by atoms with E-state index in [9.17, 15) is 0 Å². The Morgan fingerprint density at radius 2 is 2.36 bits per heavy atom. The lowest BCUT2D eigenvalue weighted by Crippen LogP contribution is -2.29. The van der Waals surface area contributed by atoms with Crippen molar-refractivity contribution in [2.24, 2.45) is 4.99 Å². The Morgan fingerprint density at radius 3 is 3.07 bits per heavy atom. The Hall–Kier alpha value is -0.130. The number of hydrogen-bond donors (Lipinski definition) is 1. The van der Waals surface area contributed by atoms with Gasteiger partial charge in [0.15, 0.2) is 5.17 Å². The number of ether oxygens (including phenoxy) is 1. The molecule has 0 aliphatic carbocycles. The molecule has 0 aromatic heterocycles. The summed E-state index contributed by atoms with van der Waals surface area (Å²) >= 11 is 3.41. The molecule has 1 radical (unpaired) electrons. The van der Waals surface area contributed by atoms with Crippen LogP contribution in [0.3, 0.4) is 0 Å². The Kier molecular flexibility index (Phi) is 6.14. The predicted octanol–water partition coefficient (Wildman–Crippen LogP) is 2.08. The Labute approximate surface area is 93.8 Å². The first-order valence-corrected chi connectivity index (χ1v) is 7.02. The molecule has 1 aliphatic heterocycles. The maximum atomic E-state index is 5.53. The molecule has 0 saturated heterocycles. The van der Waals surface area contributed by atoms with Gasteiger partial charge in [-0.2, -0.15) is 11.8 Å². The second-order valence-corrected chi connectivity index (χ2v) is 4.42. The van der Waals surface area contributed by atoms with Gasteiger partial charge in [0.2, 0.25) is 6.23 Å². The van der Waals surface area contributed by atoms with Gasteiger partial charge in [0.05, 0.1) is 6.61 Å². The zero-order valence-electron chi connectivity index (χ0n) is 8.45. The molecule has 1 heterocycles. The highest BCUT2D eigenvalue weighted by Gasteiger charge is 2.11. The maximum absolute atomic E-state index is 5.53. The fraction of sp³-hybridized carbons (Fsp3) is 0.556. The van der Waals surface area contributed by atoms with Crippen molar-refractivity contribution >= 4 is 28.7 Å². The standard InChI is InChI=1S/C9H15N2OS2/c1-13-7-3-6-12-8-4-5-10-9(11-8)14-2/h4-5H,3,6-7H2,1-2H3,(H,10,11). The van der Waals surface area contributed by atoms with Crippen LogP contribution in [0, 0.1) is 6.23 Å². The summed E-state index contributed by atoms with van der Waals surface area (Å²) in [6.45, 7) is 0.759. The van der Waals surface area contributed by atoms with Crippen LogP contribution in [-0.4, -0.2) is 30.0 Å². The molecule has 1 rings (SSSR count). The van der Waals surface area contributed by atoms with Crippen molar-refractivity contribution in [3.63, 3.8) is 0 Å². The largest absolute Gasteiger partial charge is 0.347 e. The van der Waals surface area contributed by atoms with Gasteiger partial charge in [0.25, 0.3) is 0 Å². The van der Waals surface area contributed by atoms with Crippen LogP contribution in [0.15, 0.2) is 17.3 Å². The first-order chi connectivity index (χ1) is 6.86. The maximum Gasteiger partial charge on any atom is 0.214 e. The number of aliphatic imine (C=N–C) groups is 1. The van der Waals surface area contributed by atoms with Crippen LogP contribution in [-0.2, 0) is 4.74 Å². The fourth-order valence-corrected chi connectivity index (χ4v) is 1.70. The highest BCUT2D eigenvalue weighted by atomic mass is 32.2. The lowest BCUT2D eigenvalue weighted by Gasteiger charge is -2.17. The topological polar surface area (TPSA) is 33.6 Å². The smallest absolute Gasteiger partial charge is 0.214 e. The minimum atomic E-state index is 0.759. The normalized spacial score (nSPS) is 16.6. The molecule has 0 atom stereocenters. The second kappa shape index (κ2) is 7.20. The van der Waals surface area contributed by atoms with E-state index < -0.39 is 0 Å². The molecular formula is C9H15N2OS2. The van der Waals surface area contributed by atoms with Crippen molar-refractivity contribution < 1.29 is 4.74 Å². The second-order valence-electron chi connectivity index (χ2n) is 2.64. The van der Waals surface area contributed by atoms with E-state index in [4.69, 9.17) is 4.74 Å². The Balaban J connectivity index is 2.15. The first kappa shape index (κ1) is 11.9. The lowest BCUT2D eigenvalue weighted by atomic mass is 10.4. The minimum Gasteiger partial charge on any atom is -0.347 e. The molecule has 5 heteroatoms. The molecule has 1 aliphatic rings. The van der Waals surface area contributed by atoms with E-state index in [2.05, 4.69) is 16.6 Å². The van der Waals surface area contributed by atoms with Gasteiger partial charge < -0.3 is 10.1 Å². The number of rotatable bonds is 5. The van der Waals surface area contributed by atoms with Crippen LogP contribution in [0.25, 0.3) is 0 Å². The summed E-state index contributed by atoms with van der Waals surface area (Å²) in [5.74, 6) is 1.14. The molecule has 0 spiro atoms.